The van der Waals surface area contributed by atoms with E-state index in [2.05, 4.69) is 18.0 Å². The number of aromatic nitrogens is 1. The molecule has 2 aromatic carbocycles. The Kier molecular flexibility index (Phi) is 5.75. The monoisotopic (exact) mass is 362 g/mol. The van der Waals surface area contributed by atoms with Crippen molar-refractivity contribution in [2.24, 2.45) is 0 Å². The van der Waals surface area contributed by atoms with E-state index in [1.165, 1.54) is 0 Å². The molecule has 0 fully saturated rings. The fourth-order valence-electron chi connectivity index (χ4n) is 3.34. The highest BCUT2D eigenvalue weighted by Gasteiger charge is 2.16. The van der Waals surface area contributed by atoms with Crippen LogP contribution in [0.4, 0.5) is 0 Å². The number of nitrogens with zero attached hydrogens (tertiary/aromatic N) is 2. The standard InChI is InChI=1S/C23H26N2O2/c1-5-27-19-12-10-18(11-13-19)15-25(4)23(26)14-21-16(2)20-8-6-7-9-22(20)24-17(21)3/h6-13H,5,14-15H2,1-4H3. The molecule has 0 bridgehead atoms. The van der Waals surface area contributed by atoms with E-state index in [4.69, 9.17) is 4.74 Å². The largest absolute Gasteiger partial charge is 0.494 e. The summed E-state index contributed by atoms with van der Waals surface area (Å²) in [6.45, 7) is 7.24. The average molecular weight is 362 g/mol. The number of amides is 1. The Morgan fingerprint density at radius 1 is 1.07 bits per heavy atom. The van der Waals surface area contributed by atoms with E-state index in [1.807, 2.05) is 63.4 Å². The highest BCUT2D eigenvalue weighted by molar-refractivity contribution is 5.86. The minimum atomic E-state index is 0.0900. The summed E-state index contributed by atoms with van der Waals surface area (Å²) in [5.41, 5.74) is 5.15. The van der Waals surface area contributed by atoms with Crippen LogP contribution in [0.2, 0.25) is 0 Å². The van der Waals surface area contributed by atoms with Crippen molar-refractivity contribution >= 4 is 16.8 Å². The van der Waals surface area contributed by atoms with Crippen LogP contribution >= 0.6 is 0 Å². The molecular weight excluding hydrogens is 336 g/mol. The van der Waals surface area contributed by atoms with Crippen LogP contribution in [0.25, 0.3) is 10.9 Å². The maximum absolute atomic E-state index is 12.8. The van der Waals surface area contributed by atoms with Gasteiger partial charge >= 0.3 is 0 Å². The van der Waals surface area contributed by atoms with Gasteiger partial charge in [-0.25, -0.2) is 0 Å². The lowest BCUT2D eigenvalue weighted by Crippen LogP contribution is -2.28. The highest BCUT2D eigenvalue weighted by atomic mass is 16.5. The van der Waals surface area contributed by atoms with E-state index in [0.29, 0.717) is 19.6 Å². The minimum Gasteiger partial charge on any atom is -0.494 e. The second-order valence-electron chi connectivity index (χ2n) is 6.82. The Morgan fingerprint density at radius 3 is 2.48 bits per heavy atom. The van der Waals surface area contributed by atoms with Crippen molar-refractivity contribution in [3.8, 4) is 5.75 Å². The van der Waals surface area contributed by atoms with Crippen molar-refractivity contribution in [3.05, 3.63) is 70.9 Å². The molecule has 0 saturated heterocycles. The minimum absolute atomic E-state index is 0.0900. The number of ether oxygens (including phenoxy) is 1. The second-order valence-corrected chi connectivity index (χ2v) is 6.82. The fraction of sp³-hybridized carbons (Fsp3) is 0.304. The van der Waals surface area contributed by atoms with E-state index in [-0.39, 0.29) is 5.91 Å². The van der Waals surface area contributed by atoms with Gasteiger partial charge in [-0.15, -0.1) is 0 Å². The Hall–Kier alpha value is -2.88. The van der Waals surface area contributed by atoms with Gasteiger partial charge in [0, 0.05) is 24.7 Å². The van der Waals surface area contributed by atoms with Crippen LogP contribution in [-0.2, 0) is 17.8 Å². The van der Waals surface area contributed by atoms with Crippen molar-refractivity contribution < 1.29 is 9.53 Å². The van der Waals surface area contributed by atoms with Crippen molar-refractivity contribution in [1.29, 1.82) is 0 Å². The zero-order valence-corrected chi connectivity index (χ0v) is 16.5. The predicted molar refractivity (Wildman–Crippen MR) is 109 cm³/mol. The van der Waals surface area contributed by atoms with E-state index in [9.17, 15) is 4.79 Å². The van der Waals surface area contributed by atoms with Gasteiger partial charge in [0.05, 0.1) is 18.5 Å². The Balaban J connectivity index is 1.74. The molecule has 1 aromatic heterocycles. The molecule has 0 radical (unpaired) electrons. The predicted octanol–water partition coefficient (Wildman–Crippen LogP) is 4.45. The number of rotatable bonds is 6. The first-order valence-corrected chi connectivity index (χ1v) is 9.30. The molecule has 0 aliphatic rings. The Bertz CT molecular complexity index is 948. The zero-order chi connectivity index (χ0) is 19.4. The highest BCUT2D eigenvalue weighted by Crippen LogP contribution is 2.23. The second kappa shape index (κ2) is 8.21. The molecule has 3 aromatic rings. The van der Waals surface area contributed by atoms with E-state index < -0.39 is 0 Å². The van der Waals surface area contributed by atoms with Gasteiger partial charge in [-0.3, -0.25) is 9.78 Å². The molecule has 0 N–H and O–H groups in total. The molecule has 0 atom stereocenters. The van der Waals surface area contributed by atoms with Gasteiger partial charge in [-0.1, -0.05) is 30.3 Å². The van der Waals surface area contributed by atoms with Crippen molar-refractivity contribution in [2.45, 2.75) is 33.7 Å². The number of pyridine rings is 1. The molecule has 27 heavy (non-hydrogen) atoms. The van der Waals surface area contributed by atoms with Gasteiger partial charge < -0.3 is 9.64 Å². The third kappa shape index (κ3) is 4.27. The number of benzene rings is 2. The Labute approximate surface area is 160 Å². The van der Waals surface area contributed by atoms with E-state index >= 15 is 0 Å². The SMILES string of the molecule is CCOc1ccc(CN(C)C(=O)Cc2c(C)nc3ccccc3c2C)cc1. The maximum atomic E-state index is 12.8. The number of hydrogen-bond donors (Lipinski definition) is 0. The molecule has 3 rings (SSSR count). The normalized spacial score (nSPS) is 10.8. The summed E-state index contributed by atoms with van der Waals surface area (Å²) in [7, 11) is 1.85. The number of likely N-dealkylation sites (N-methyl/N-ethyl adjacent to an activating group) is 1. The van der Waals surface area contributed by atoms with Gasteiger partial charge in [-0.05, 0) is 55.7 Å². The van der Waals surface area contributed by atoms with E-state index in [0.717, 1.165) is 39.0 Å². The lowest BCUT2D eigenvalue weighted by atomic mass is 9.99. The van der Waals surface area contributed by atoms with Crippen LogP contribution in [0, 0.1) is 13.8 Å². The quantitative estimate of drug-likeness (QED) is 0.650. The molecule has 1 amide bonds. The lowest BCUT2D eigenvalue weighted by Gasteiger charge is -2.19. The molecule has 0 aliphatic heterocycles. The summed E-state index contributed by atoms with van der Waals surface area (Å²) >= 11 is 0. The van der Waals surface area contributed by atoms with Crippen LogP contribution < -0.4 is 4.74 Å². The van der Waals surface area contributed by atoms with Crippen molar-refractivity contribution in [3.63, 3.8) is 0 Å². The smallest absolute Gasteiger partial charge is 0.227 e. The van der Waals surface area contributed by atoms with Gasteiger partial charge in [0.1, 0.15) is 5.75 Å². The maximum Gasteiger partial charge on any atom is 0.227 e. The van der Waals surface area contributed by atoms with Crippen LogP contribution in [0.15, 0.2) is 48.5 Å². The number of fused-ring (bicyclic) bond motifs is 1. The van der Waals surface area contributed by atoms with Gasteiger partial charge in [0.2, 0.25) is 5.91 Å². The van der Waals surface area contributed by atoms with Crippen LogP contribution in [0.5, 0.6) is 5.75 Å². The molecule has 4 heteroatoms. The summed E-state index contributed by atoms with van der Waals surface area (Å²) < 4.78 is 5.47. The average Bonchev–Trinajstić information content (AvgIpc) is 2.66. The number of carbonyl (C=O) groups is 1. The third-order valence-corrected chi connectivity index (χ3v) is 4.89. The molecule has 0 unspecified atom stereocenters. The molecule has 140 valence electrons. The first-order valence-electron chi connectivity index (χ1n) is 9.30. The van der Waals surface area contributed by atoms with Gasteiger partial charge in [-0.2, -0.15) is 0 Å². The van der Waals surface area contributed by atoms with Crippen LogP contribution in [-0.4, -0.2) is 29.4 Å². The summed E-state index contributed by atoms with van der Waals surface area (Å²) in [6.07, 6.45) is 0.364. The first-order chi connectivity index (χ1) is 13.0. The summed E-state index contributed by atoms with van der Waals surface area (Å²) in [5, 5.41) is 1.11. The van der Waals surface area contributed by atoms with Gasteiger partial charge in [0.15, 0.2) is 0 Å². The lowest BCUT2D eigenvalue weighted by molar-refractivity contribution is -0.129. The first kappa shape index (κ1) is 18.9. The summed E-state index contributed by atoms with van der Waals surface area (Å²) in [5.74, 6) is 0.941. The number of hydrogen-bond acceptors (Lipinski definition) is 3. The van der Waals surface area contributed by atoms with Crippen molar-refractivity contribution in [1.82, 2.24) is 9.88 Å². The van der Waals surface area contributed by atoms with Gasteiger partial charge in [0.25, 0.3) is 0 Å². The van der Waals surface area contributed by atoms with Crippen molar-refractivity contribution in [2.75, 3.05) is 13.7 Å². The third-order valence-electron chi connectivity index (χ3n) is 4.89. The summed E-state index contributed by atoms with van der Waals surface area (Å²) in [6, 6.07) is 16.0. The summed E-state index contributed by atoms with van der Waals surface area (Å²) in [4.78, 5) is 19.2. The fourth-order valence-corrected chi connectivity index (χ4v) is 3.34. The molecule has 0 saturated carbocycles. The number of carbonyl (C=O) groups excluding carboxylic acids is 1. The zero-order valence-electron chi connectivity index (χ0n) is 16.5. The molecule has 0 aliphatic carbocycles. The Morgan fingerprint density at radius 2 is 1.78 bits per heavy atom. The van der Waals surface area contributed by atoms with Crippen LogP contribution in [0.3, 0.4) is 0 Å². The number of para-hydroxylation sites is 1. The molecule has 4 nitrogen and oxygen atoms in total. The van der Waals surface area contributed by atoms with Crippen LogP contribution in [0.1, 0.15) is 29.3 Å². The van der Waals surface area contributed by atoms with E-state index in [1.54, 1.807) is 4.90 Å². The molecule has 0 spiro atoms. The topological polar surface area (TPSA) is 42.4 Å². The molecular formula is C23H26N2O2. The molecule has 1 heterocycles. The number of aryl methyl sites for hydroxylation is 2.